The highest BCUT2D eigenvalue weighted by Gasteiger charge is 1.83. The van der Waals surface area contributed by atoms with Gasteiger partial charge in [-0.2, -0.15) is 10.5 Å². The van der Waals surface area contributed by atoms with Crippen LogP contribution in [0.15, 0.2) is 23.2 Å². The molecule has 0 heterocycles. The van der Waals surface area contributed by atoms with Crippen LogP contribution in [0.25, 0.3) is 0 Å². The van der Waals surface area contributed by atoms with Crippen LogP contribution >= 0.6 is 0 Å². The fourth-order valence-electron chi connectivity index (χ4n) is 0.314. The maximum absolute atomic E-state index is 8.25. The van der Waals surface area contributed by atoms with Crippen LogP contribution in [0.5, 0.6) is 0 Å². The highest BCUT2D eigenvalue weighted by molar-refractivity contribution is 5.33. The molecule has 0 amide bonds. The number of nitriles is 2. The normalized spacial score (nSPS) is 6.18. The van der Waals surface area contributed by atoms with Gasteiger partial charge in [0.15, 0.2) is 5.57 Å². The van der Waals surface area contributed by atoms with Gasteiger partial charge in [0.2, 0.25) is 0 Å². The molecule has 0 atom stereocenters. The summed E-state index contributed by atoms with van der Waals surface area (Å²) in [5.41, 5.74) is 4.89. The van der Waals surface area contributed by atoms with Crippen LogP contribution in [-0.2, 0) is 0 Å². The molecule has 0 aromatic carbocycles. The highest BCUT2D eigenvalue weighted by Crippen LogP contribution is 1.82. The van der Waals surface area contributed by atoms with Gasteiger partial charge in [0.1, 0.15) is 12.1 Å². The Hall–Kier alpha value is -1.92. The first-order valence-electron chi connectivity index (χ1n) is 2.89. The first kappa shape index (κ1) is 9.08. The molecule has 0 aromatic rings. The van der Waals surface area contributed by atoms with Gasteiger partial charge in [-0.1, -0.05) is 5.73 Å². The minimum absolute atomic E-state index is 0.0666. The van der Waals surface area contributed by atoms with E-state index < -0.39 is 0 Å². The molecule has 0 aliphatic carbocycles. The van der Waals surface area contributed by atoms with E-state index in [-0.39, 0.29) is 5.57 Å². The molecule has 0 saturated heterocycles. The number of allylic oxidation sites excluding steroid dienone is 1. The van der Waals surface area contributed by atoms with E-state index >= 15 is 0 Å². The van der Waals surface area contributed by atoms with Crippen molar-refractivity contribution in [1.82, 2.24) is 4.90 Å². The second-order valence-electron chi connectivity index (χ2n) is 1.96. The van der Waals surface area contributed by atoms with Crippen molar-refractivity contribution in [2.75, 3.05) is 14.1 Å². The number of rotatable bonds is 1. The Morgan fingerprint density at radius 1 is 1.27 bits per heavy atom. The molecule has 3 nitrogen and oxygen atoms in total. The molecular formula is C8H7N3. The summed E-state index contributed by atoms with van der Waals surface area (Å²) in [4.78, 5) is 1.74. The summed E-state index contributed by atoms with van der Waals surface area (Å²) in [5.74, 6) is 0. The third-order valence-corrected chi connectivity index (χ3v) is 0.744. The van der Waals surface area contributed by atoms with E-state index in [0.717, 1.165) is 0 Å². The maximum Gasteiger partial charge on any atom is 0.179 e. The van der Waals surface area contributed by atoms with E-state index in [1.807, 2.05) is 14.1 Å². The van der Waals surface area contributed by atoms with Crippen molar-refractivity contribution in [3.63, 3.8) is 0 Å². The van der Waals surface area contributed by atoms with Crippen molar-refractivity contribution in [1.29, 1.82) is 10.5 Å². The lowest BCUT2D eigenvalue weighted by molar-refractivity contribution is 0.565. The number of hydrogen-bond donors (Lipinski definition) is 0. The summed E-state index contributed by atoms with van der Waals surface area (Å²) in [6.07, 6.45) is 1.58. The summed E-state index contributed by atoms with van der Waals surface area (Å²) in [5, 5.41) is 16.5. The fourth-order valence-corrected chi connectivity index (χ4v) is 0.314. The van der Waals surface area contributed by atoms with E-state index in [2.05, 4.69) is 11.5 Å². The van der Waals surface area contributed by atoms with Crippen molar-refractivity contribution in [2.24, 2.45) is 0 Å². The second kappa shape index (κ2) is 4.91. The van der Waals surface area contributed by atoms with Gasteiger partial charge >= 0.3 is 0 Å². The summed E-state index contributed by atoms with van der Waals surface area (Å²) in [6.45, 7) is 0. The molecule has 0 N–H and O–H groups in total. The molecule has 0 aliphatic heterocycles. The summed E-state index contributed by atoms with van der Waals surface area (Å²) >= 11 is 0. The van der Waals surface area contributed by atoms with Gasteiger partial charge in [0.25, 0.3) is 0 Å². The lowest BCUT2D eigenvalue weighted by atomic mass is 10.3. The quantitative estimate of drug-likeness (QED) is 0.405. The highest BCUT2D eigenvalue weighted by atomic mass is 15.0. The Labute approximate surface area is 65.8 Å². The molecule has 3 heteroatoms. The smallest absolute Gasteiger partial charge is 0.179 e. The Kier molecular flexibility index (Phi) is 4.06. The first-order valence-corrected chi connectivity index (χ1v) is 2.89. The minimum atomic E-state index is -0.0666. The topological polar surface area (TPSA) is 50.8 Å². The van der Waals surface area contributed by atoms with Gasteiger partial charge in [-0.05, 0) is 5.73 Å². The fraction of sp³-hybridized carbons (Fsp3) is 0.250. The zero-order valence-corrected chi connectivity index (χ0v) is 6.42. The van der Waals surface area contributed by atoms with Gasteiger partial charge in [-0.15, -0.1) is 0 Å². The number of hydrogen-bond acceptors (Lipinski definition) is 3. The van der Waals surface area contributed by atoms with Gasteiger partial charge < -0.3 is 4.90 Å². The van der Waals surface area contributed by atoms with Crippen molar-refractivity contribution < 1.29 is 0 Å². The summed E-state index contributed by atoms with van der Waals surface area (Å²) < 4.78 is 0. The van der Waals surface area contributed by atoms with Crippen molar-refractivity contribution >= 4 is 0 Å². The Bertz CT molecular complexity index is 283. The minimum Gasteiger partial charge on any atom is -0.377 e. The van der Waals surface area contributed by atoms with Crippen LogP contribution in [0.4, 0.5) is 0 Å². The van der Waals surface area contributed by atoms with Crippen LogP contribution in [0.3, 0.4) is 0 Å². The average Bonchev–Trinajstić information content (AvgIpc) is 1.98. The van der Waals surface area contributed by atoms with Crippen LogP contribution < -0.4 is 0 Å². The van der Waals surface area contributed by atoms with Crippen LogP contribution in [0, 0.1) is 22.7 Å². The zero-order valence-electron chi connectivity index (χ0n) is 6.42. The average molecular weight is 145 g/mol. The predicted octanol–water partition coefficient (Wildman–Crippen LogP) is 0.789. The molecule has 11 heavy (non-hydrogen) atoms. The van der Waals surface area contributed by atoms with Crippen molar-refractivity contribution in [3.8, 4) is 12.1 Å². The largest absolute Gasteiger partial charge is 0.377 e. The van der Waals surface area contributed by atoms with Crippen molar-refractivity contribution in [2.45, 2.75) is 0 Å². The molecule has 0 aliphatic rings. The molecule has 0 fully saturated rings. The molecule has 0 unspecified atom stereocenters. The molecule has 0 rings (SSSR count). The van der Waals surface area contributed by atoms with E-state index in [4.69, 9.17) is 10.5 Å². The van der Waals surface area contributed by atoms with Crippen molar-refractivity contribution in [3.05, 3.63) is 23.2 Å². The molecule has 0 saturated carbocycles. The molecular weight excluding hydrogens is 138 g/mol. The Balaban J connectivity index is 4.70. The van der Waals surface area contributed by atoms with Crippen LogP contribution in [-0.4, -0.2) is 19.0 Å². The first-order chi connectivity index (χ1) is 5.20. The third kappa shape index (κ3) is 4.58. The van der Waals surface area contributed by atoms with Gasteiger partial charge in [-0.25, -0.2) is 0 Å². The van der Waals surface area contributed by atoms with Gasteiger partial charge in [0, 0.05) is 14.1 Å². The maximum atomic E-state index is 8.25. The second-order valence-corrected chi connectivity index (χ2v) is 1.96. The SMILES string of the molecule is CN(C)C=C=C=C(C#N)C#N. The van der Waals surface area contributed by atoms with Crippen LogP contribution in [0.1, 0.15) is 0 Å². The van der Waals surface area contributed by atoms with E-state index in [1.165, 1.54) is 0 Å². The number of nitrogens with zero attached hydrogens (tertiary/aromatic N) is 3. The molecule has 0 aromatic heterocycles. The Morgan fingerprint density at radius 2 is 1.82 bits per heavy atom. The van der Waals surface area contributed by atoms with Gasteiger partial charge in [0.05, 0.1) is 6.20 Å². The molecule has 0 spiro atoms. The molecule has 0 radical (unpaired) electrons. The zero-order chi connectivity index (χ0) is 8.69. The third-order valence-electron chi connectivity index (χ3n) is 0.744. The van der Waals surface area contributed by atoms with Crippen LogP contribution in [0.2, 0.25) is 0 Å². The summed E-state index contributed by atoms with van der Waals surface area (Å²) in [7, 11) is 3.63. The van der Waals surface area contributed by atoms with E-state index in [1.54, 1.807) is 23.2 Å². The predicted molar refractivity (Wildman–Crippen MR) is 40.0 cm³/mol. The van der Waals surface area contributed by atoms with E-state index in [0.29, 0.717) is 0 Å². The standard InChI is InChI=1S/C8H7N3/c1-11(2)5-3-4-8(6-9)7-10/h5H,1-2H3. The van der Waals surface area contributed by atoms with Gasteiger partial charge in [-0.3, -0.25) is 0 Å². The monoisotopic (exact) mass is 145 g/mol. The lowest BCUT2D eigenvalue weighted by Gasteiger charge is -1.97. The molecule has 0 bridgehead atoms. The summed E-state index contributed by atoms with van der Waals surface area (Å²) in [6, 6.07) is 3.34. The molecule has 54 valence electrons. The Morgan fingerprint density at radius 3 is 2.18 bits per heavy atom. The lowest BCUT2D eigenvalue weighted by Crippen LogP contribution is -1.98. The van der Waals surface area contributed by atoms with E-state index in [9.17, 15) is 0 Å².